The summed E-state index contributed by atoms with van der Waals surface area (Å²) in [4.78, 5) is 104. The summed E-state index contributed by atoms with van der Waals surface area (Å²) >= 11 is 2.92. The minimum Gasteiger partial charge on any atom is -0.505 e. The highest BCUT2D eigenvalue weighted by Crippen LogP contribution is 2.42. The number of para-hydroxylation sites is 6. The van der Waals surface area contributed by atoms with Crippen molar-refractivity contribution in [2.45, 2.75) is 36.0 Å². The number of fused-ring (bicyclic) bond motifs is 9. The van der Waals surface area contributed by atoms with Crippen LogP contribution in [0.5, 0.6) is 34.5 Å². The number of carbonyl (C=O) groups excluding carboxylic acids is 2. The van der Waals surface area contributed by atoms with E-state index in [1.807, 2.05) is 103 Å². The largest absolute Gasteiger partial charge is 0.505 e. The van der Waals surface area contributed by atoms with Crippen LogP contribution in [0, 0.1) is 0 Å². The topological polar surface area (TPSA) is 298 Å². The number of benzene rings is 10. The minimum atomic E-state index is -0.784. The molecule has 0 amide bonds. The van der Waals surface area contributed by atoms with Gasteiger partial charge >= 0.3 is 28.8 Å². The van der Waals surface area contributed by atoms with E-state index in [0.29, 0.717) is 88.3 Å². The summed E-state index contributed by atoms with van der Waals surface area (Å²) in [7, 11) is 2.53. The van der Waals surface area contributed by atoms with E-state index < -0.39 is 62.7 Å². The SMILES string of the molecule is COC(=O)COc1ccc(Sc2c(O)c3c(=O)n(-c4ccccc4)c4ccccc4c3oc2=O)cc1.COC(=O)COc1cccc(Sc2c(O)c3c(=O)n(-c4ccccc4)c4ccccc4c3oc2=O)c1.O=c1oc2c(c(O)c1Sc1ccc(OCc3ccccc3)cc1)c(=O)n(-c1ccccc1)c1ccccc21. The number of carbonyl (C=O) groups is 2. The number of pyridine rings is 3. The maximum atomic E-state index is 13.7. The van der Waals surface area contributed by atoms with Crippen LogP contribution < -0.4 is 47.8 Å². The number of esters is 2. The number of aromatic hydroxyl groups is 3. The number of rotatable bonds is 18. The Labute approximate surface area is 634 Å². The summed E-state index contributed by atoms with van der Waals surface area (Å²) in [5.74, 6) is -0.894. The zero-order valence-electron chi connectivity index (χ0n) is 58.0. The van der Waals surface area contributed by atoms with Crippen molar-refractivity contribution in [3.8, 4) is 51.6 Å². The molecule has 0 saturated carbocycles. The highest BCUT2D eigenvalue weighted by Gasteiger charge is 2.27. The molecule has 6 heterocycles. The van der Waals surface area contributed by atoms with Crippen molar-refractivity contribution in [3.05, 3.63) is 335 Å². The number of aromatic nitrogens is 3. The quantitative estimate of drug-likeness (QED) is 0.0531. The molecule has 16 rings (SSSR count). The van der Waals surface area contributed by atoms with Gasteiger partial charge in [-0.15, -0.1) is 0 Å². The second-order valence-electron chi connectivity index (χ2n) is 24.0. The van der Waals surface area contributed by atoms with Gasteiger partial charge in [0.05, 0.1) is 30.8 Å². The molecule has 0 saturated heterocycles. The van der Waals surface area contributed by atoms with Gasteiger partial charge in [-0.25, -0.2) is 24.0 Å². The van der Waals surface area contributed by atoms with Crippen molar-refractivity contribution in [1.82, 2.24) is 13.7 Å². The molecule has 0 unspecified atom stereocenters. The van der Waals surface area contributed by atoms with Gasteiger partial charge in [-0.3, -0.25) is 28.1 Å². The lowest BCUT2D eigenvalue weighted by Crippen LogP contribution is -2.20. The predicted octanol–water partition coefficient (Wildman–Crippen LogP) is 15.5. The standard InChI is InChI=1S/C31H21NO5S.2C27H19NO7S/c33-27-26-28(24-13-7-8-14-25(24)32(30(26)34)21-11-5-2-6-12-21)37-31(35)29(27)38-23-17-15-22(16-18-23)36-19-20-9-3-1-4-10-20;1-33-21(29)15-34-17-10-7-11-18(14-17)36-25-23(30)22-24(35-27(25)32)19-12-5-6-13-20(19)28(26(22)31)16-8-3-2-4-9-16;1-33-21(29)15-34-17-11-13-18(14-12-17)36-25-23(30)22-24(35-27(25)32)19-9-5-6-10-20(19)28(26(22)31)16-7-3-2-4-8-16/h1-18,33H,19H2;2*2-14,30H,15H2,1H3. The van der Waals surface area contributed by atoms with Crippen molar-refractivity contribution >= 4 is 113 Å². The molecule has 3 N–H and O–H groups in total. The number of ether oxygens (including phenoxy) is 5. The Bertz CT molecular complexity index is 6570. The van der Waals surface area contributed by atoms with Gasteiger partial charge in [-0.2, -0.15) is 0 Å². The minimum absolute atomic E-state index is 0.0183. The van der Waals surface area contributed by atoms with Crippen molar-refractivity contribution < 1.29 is 61.8 Å². The highest BCUT2D eigenvalue weighted by atomic mass is 32.2. The Morgan fingerprint density at radius 2 is 0.664 bits per heavy atom. The van der Waals surface area contributed by atoms with E-state index in [9.17, 15) is 53.7 Å². The Balaban J connectivity index is 0.000000138. The van der Waals surface area contributed by atoms with Crippen LogP contribution in [0.2, 0.25) is 0 Å². The molecule has 0 aliphatic carbocycles. The summed E-state index contributed by atoms with van der Waals surface area (Å²) in [5, 5.41) is 35.0. The van der Waals surface area contributed by atoms with Gasteiger partial charge in [0.15, 0.2) is 47.2 Å². The smallest absolute Gasteiger partial charge is 0.354 e. The van der Waals surface area contributed by atoms with E-state index in [2.05, 4.69) is 9.47 Å². The number of hydrogen-bond acceptors (Lipinski definition) is 22. The normalized spacial score (nSPS) is 11.1. The van der Waals surface area contributed by atoms with Gasteiger partial charge in [0.2, 0.25) is 0 Å². The van der Waals surface area contributed by atoms with Crippen molar-refractivity contribution in [2.75, 3.05) is 27.4 Å². The first kappa shape index (κ1) is 73.2. The Hall–Kier alpha value is -13.8. The van der Waals surface area contributed by atoms with E-state index in [4.69, 9.17) is 27.5 Å². The predicted molar refractivity (Wildman–Crippen MR) is 419 cm³/mol. The first-order chi connectivity index (χ1) is 53.5. The molecule has 25 heteroatoms. The van der Waals surface area contributed by atoms with Crippen molar-refractivity contribution in [2.24, 2.45) is 0 Å². The van der Waals surface area contributed by atoms with Crippen LogP contribution in [-0.2, 0) is 25.7 Å². The molecule has 0 fully saturated rings. The first-order valence-electron chi connectivity index (χ1n) is 33.6. The summed E-state index contributed by atoms with van der Waals surface area (Å²) in [5.41, 5.74) is 0.920. The zero-order valence-corrected chi connectivity index (χ0v) is 60.4. The fraction of sp³-hybridized carbons (Fsp3) is 0.0588. The third kappa shape index (κ3) is 15.2. The number of hydrogen-bond donors (Lipinski definition) is 3. The molecule has 10 aromatic carbocycles. The molecule has 0 radical (unpaired) electrons. The molecule has 6 aromatic heterocycles. The van der Waals surface area contributed by atoms with E-state index in [1.165, 1.54) is 27.9 Å². The van der Waals surface area contributed by atoms with Crippen molar-refractivity contribution in [1.29, 1.82) is 0 Å². The maximum absolute atomic E-state index is 13.7. The lowest BCUT2D eigenvalue weighted by molar-refractivity contribution is -0.143. The van der Waals surface area contributed by atoms with Gasteiger partial charge in [0.1, 0.15) is 54.7 Å². The van der Waals surface area contributed by atoms with Crippen LogP contribution in [0.1, 0.15) is 5.56 Å². The van der Waals surface area contributed by atoms with Crippen LogP contribution in [0.25, 0.3) is 82.7 Å². The monoisotopic (exact) mass is 1520 g/mol. The zero-order chi connectivity index (χ0) is 76.5. The molecule has 16 aromatic rings. The van der Waals surface area contributed by atoms with Gasteiger partial charge in [-0.05, 0) is 145 Å². The third-order valence-electron chi connectivity index (χ3n) is 17.2. The molecule has 110 heavy (non-hydrogen) atoms. The molecule has 546 valence electrons. The Morgan fingerprint density at radius 1 is 0.345 bits per heavy atom. The van der Waals surface area contributed by atoms with Crippen LogP contribution in [-0.4, -0.2) is 68.4 Å². The number of methoxy groups -OCH3 is 2. The van der Waals surface area contributed by atoms with Gasteiger partial charge in [-0.1, -0.05) is 163 Å². The Kier molecular flexibility index (Phi) is 21.6. The first-order valence-corrected chi connectivity index (χ1v) is 36.1. The summed E-state index contributed by atoms with van der Waals surface area (Å²) in [6, 6.07) is 78.6. The van der Waals surface area contributed by atoms with Crippen LogP contribution in [0.3, 0.4) is 0 Å². The van der Waals surface area contributed by atoms with Crippen LogP contribution >= 0.6 is 35.3 Å². The van der Waals surface area contributed by atoms with E-state index in [0.717, 1.165) is 40.8 Å². The van der Waals surface area contributed by atoms with Gasteiger partial charge in [0.25, 0.3) is 16.7 Å². The molecule has 0 spiro atoms. The molecule has 0 bridgehead atoms. The molecule has 22 nitrogen and oxygen atoms in total. The lowest BCUT2D eigenvalue weighted by Gasteiger charge is -2.14. The third-order valence-corrected chi connectivity index (χ3v) is 20.4. The Morgan fingerprint density at radius 3 is 1.03 bits per heavy atom. The van der Waals surface area contributed by atoms with Crippen molar-refractivity contribution in [3.63, 3.8) is 0 Å². The highest BCUT2D eigenvalue weighted by molar-refractivity contribution is 8.00. The molecule has 0 atom stereocenters. The fourth-order valence-electron chi connectivity index (χ4n) is 12.0. The van der Waals surface area contributed by atoms with E-state index in [-0.39, 0.29) is 60.8 Å². The van der Waals surface area contributed by atoms with Crippen LogP contribution in [0.15, 0.2) is 338 Å². The van der Waals surface area contributed by atoms with Gasteiger partial charge < -0.3 is 52.3 Å². The second-order valence-corrected chi connectivity index (χ2v) is 27.3. The maximum Gasteiger partial charge on any atom is 0.354 e. The molecule has 0 aliphatic rings. The average molecular weight is 1520 g/mol. The van der Waals surface area contributed by atoms with E-state index >= 15 is 0 Å². The summed E-state index contributed by atoms with van der Waals surface area (Å²) < 4.78 is 47.0. The van der Waals surface area contributed by atoms with E-state index in [1.54, 1.807) is 164 Å². The number of nitrogens with zero attached hydrogens (tertiary/aromatic N) is 3. The lowest BCUT2D eigenvalue weighted by atomic mass is 10.1. The fourth-order valence-corrected chi connectivity index (χ4v) is 14.6. The molecule has 0 aliphatic heterocycles. The molecular weight excluding hydrogens is 1460 g/mol. The average Bonchev–Trinajstić information content (AvgIpc) is 0.744. The molecular formula is C85H59N3O19S3. The second kappa shape index (κ2) is 32.5. The summed E-state index contributed by atoms with van der Waals surface area (Å²) in [6.07, 6.45) is 0. The van der Waals surface area contributed by atoms with Crippen LogP contribution in [0.4, 0.5) is 0 Å². The van der Waals surface area contributed by atoms with Gasteiger partial charge in [0, 0.05) is 47.9 Å². The summed E-state index contributed by atoms with van der Waals surface area (Å²) in [6.45, 7) is -0.0796.